The SMILES string of the molecule is C[C@H](NC(=O)CCNC(=O)c1ccco1)c1ccc2c(c1)OCCO2. The third kappa shape index (κ3) is 4.32. The zero-order valence-corrected chi connectivity index (χ0v) is 13.9. The van der Waals surface area contributed by atoms with E-state index in [2.05, 4.69) is 10.6 Å². The Labute approximate surface area is 145 Å². The van der Waals surface area contributed by atoms with E-state index >= 15 is 0 Å². The second-order valence-electron chi connectivity index (χ2n) is 5.68. The van der Waals surface area contributed by atoms with Crippen molar-refractivity contribution in [3.05, 3.63) is 47.9 Å². The van der Waals surface area contributed by atoms with Crippen LogP contribution in [0.1, 0.15) is 35.5 Å². The number of rotatable bonds is 6. The number of furan rings is 1. The fraction of sp³-hybridized carbons (Fsp3) is 0.333. The summed E-state index contributed by atoms with van der Waals surface area (Å²) in [5.74, 6) is 1.15. The van der Waals surface area contributed by atoms with Gasteiger partial charge in [-0.3, -0.25) is 9.59 Å². The van der Waals surface area contributed by atoms with Gasteiger partial charge in [-0.1, -0.05) is 6.07 Å². The van der Waals surface area contributed by atoms with Crippen LogP contribution in [-0.2, 0) is 4.79 Å². The zero-order chi connectivity index (χ0) is 17.6. The van der Waals surface area contributed by atoms with E-state index < -0.39 is 0 Å². The van der Waals surface area contributed by atoms with Gasteiger partial charge < -0.3 is 24.5 Å². The molecule has 0 unspecified atom stereocenters. The molecule has 0 fully saturated rings. The van der Waals surface area contributed by atoms with E-state index in [0.717, 1.165) is 5.56 Å². The van der Waals surface area contributed by atoms with Gasteiger partial charge >= 0.3 is 0 Å². The summed E-state index contributed by atoms with van der Waals surface area (Å²) in [6.07, 6.45) is 1.61. The maximum atomic E-state index is 12.0. The molecule has 1 atom stereocenters. The highest BCUT2D eigenvalue weighted by molar-refractivity contribution is 5.91. The Morgan fingerprint density at radius 1 is 1.16 bits per heavy atom. The van der Waals surface area contributed by atoms with E-state index in [4.69, 9.17) is 13.9 Å². The molecular weight excluding hydrogens is 324 g/mol. The Bertz CT molecular complexity index is 742. The average molecular weight is 344 g/mol. The van der Waals surface area contributed by atoms with Gasteiger partial charge in [0.2, 0.25) is 5.91 Å². The Hall–Kier alpha value is -2.96. The number of hydrogen-bond donors (Lipinski definition) is 2. The predicted octanol–water partition coefficient (Wildman–Crippen LogP) is 2.05. The monoisotopic (exact) mass is 344 g/mol. The van der Waals surface area contributed by atoms with Crippen molar-refractivity contribution in [2.24, 2.45) is 0 Å². The third-order valence-corrected chi connectivity index (χ3v) is 3.83. The van der Waals surface area contributed by atoms with Crippen LogP contribution in [0.15, 0.2) is 41.0 Å². The Morgan fingerprint density at radius 3 is 2.72 bits per heavy atom. The van der Waals surface area contributed by atoms with Crippen molar-refractivity contribution in [3.8, 4) is 11.5 Å². The second kappa shape index (κ2) is 7.74. The molecule has 0 saturated heterocycles. The summed E-state index contributed by atoms with van der Waals surface area (Å²) < 4.78 is 16.0. The fourth-order valence-electron chi connectivity index (χ4n) is 2.51. The molecule has 7 nitrogen and oxygen atoms in total. The molecule has 3 rings (SSSR count). The van der Waals surface area contributed by atoms with Gasteiger partial charge in [-0.25, -0.2) is 0 Å². The van der Waals surface area contributed by atoms with E-state index in [9.17, 15) is 9.59 Å². The fourth-order valence-corrected chi connectivity index (χ4v) is 2.51. The highest BCUT2D eigenvalue weighted by atomic mass is 16.6. The molecule has 0 bridgehead atoms. The molecule has 1 aromatic heterocycles. The third-order valence-electron chi connectivity index (χ3n) is 3.83. The minimum absolute atomic E-state index is 0.151. The Morgan fingerprint density at radius 2 is 1.96 bits per heavy atom. The molecule has 1 aromatic carbocycles. The molecule has 2 aromatic rings. The highest BCUT2D eigenvalue weighted by Crippen LogP contribution is 2.32. The van der Waals surface area contributed by atoms with E-state index in [1.165, 1.54) is 6.26 Å². The van der Waals surface area contributed by atoms with Crippen LogP contribution in [0.25, 0.3) is 0 Å². The van der Waals surface area contributed by atoms with Crippen LogP contribution in [0.5, 0.6) is 11.5 Å². The van der Waals surface area contributed by atoms with Crippen LogP contribution in [0.3, 0.4) is 0 Å². The van der Waals surface area contributed by atoms with Crippen molar-refractivity contribution < 1.29 is 23.5 Å². The van der Waals surface area contributed by atoms with Crippen molar-refractivity contribution in [3.63, 3.8) is 0 Å². The van der Waals surface area contributed by atoms with Crippen LogP contribution in [0, 0.1) is 0 Å². The van der Waals surface area contributed by atoms with E-state index in [-0.39, 0.29) is 36.6 Å². The normalized spacial score (nSPS) is 13.8. The number of benzene rings is 1. The van der Waals surface area contributed by atoms with Crippen LogP contribution < -0.4 is 20.1 Å². The van der Waals surface area contributed by atoms with Gasteiger partial charge in [-0.05, 0) is 36.8 Å². The van der Waals surface area contributed by atoms with Crippen molar-refractivity contribution in [2.45, 2.75) is 19.4 Å². The van der Waals surface area contributed by atoms with Gasteiger partial charge in [-0.15, -0.1) is 0 Å². The quantitative estimate of drug-likeness (QED) is 0.837. The molecular formula is C18H20N2O5. The number of hydrogen-bond acceptors (Lipinski definition) is 5. The lowest BCUT2D eigenvalue weighted by Crippen LogP contribution is -2.32. The first-order chi connectivity index (χ1) is 12.1. The van der Waals surface area contributed by atoms with Gasteiger partial charge in [0.05, 0.1) is 12.3 Å². The smallest absolute Gasteiger partial charge is 0.286 e. The Balaban J connectivity index is 1.46. The lowest BCUT2D eigenvalue weighted by molar-refractivity contribution is -0.121. The highest BCUT2D eigenvalue weighted by Gasteiger charge is 2.16. The topological polar surface area (TPSA) is 89.8 Å². The number of fused-ring (bicyclic) bond motifs is 1. The van der Waals surface area contributed by atoms with E-state index in [1.807, 2.05) is 25.1 Å². The number of nitrogens with one attached hydrogen (secondary N) is 2. The summed E-state index contributed by atoms with van der Waals surface area (Å²) in [4.78, 5) is 23.7. The van der Waals surface area contributed by atoms with Gasteiger partial charge in [0, 0.05) is 13.0 Å². The zero-order valence-electron chi connectivity index (χ0n) is 13.9. The van der Waals surface area contributed by atoms with Gasteiger partial charge in [-0.2, -0.15) is 0 Å². The second-order valence-corrected chi connectivity index (χ2v) is 5.68. The molecule has 2 N–H and O–H groups in total. The predicted molar refractivity (Wildman–Crippen MR) is 89.6 cm³/mol. The number of carbonyl (C=O) groups excluding carboxylic acids is 2. The summed E-state index contributed by atoms with van der Waals surface area (Å²) in [5.41, 5.74) is 0.928. The first-order valence-electron chi connectivity index (χ1n) is 8.14. The Kier molecular flexibility index (Phi) is 5.23. The minimum Gasteiger partial charge on any atom is -0.486 e. The molecule has 1 aliphatic rings. The molecule has 7 heteroatoms. The standard InChI is InChI=1S/C18H20N2O5/c1-12(13-4-5-14-16(11-13)25-10-9-24-14)20-17(21)6-7-19-18(22)15-3-2-8-23-15/h2-5,8,11-12H,6-7,9-10H2,1H3,(H,19,22)(H,20,21)/t12-/m0/s1. The first-order valence-corrected chi connectivity index (χ1v) is 8.14. The van der Waals surface area contributed by atoms with Gasteiger partial charge in [0.15, 0.2) is 17.3 Å². The lowest BCUT2D eigenvalue weighted by Gasteiger charge is -2.21. The molecule has 0 radical (unpaired) electrons. The van der Waals surface area contributed by atoms with Crippen LogP contribution in [0.4, 0.5) is 0 Å². The number of carbonyl (C=O) groups is 2. The van der Waals surface area contributed by atoms with Crippen molar-refractivity contribution in [1.29, 1.82) is 0 Å². The van der Waals surface area contributed by atoms with Crippen molar-refractivity contribution in [2.75, 3.05) is 19.8 Å². The van der Waals surface area contributed by atoms with Crippen molar-refractivity contribution >= 4 is 11.8 Å². The minimum atomic E-state index is -0.335. The van der Waals surface area contributed by atoms with Crippen LogP contribution in [0.2, 0.25) is 0 Å². The molecule has 0 saturated carbocycles. The summed E-state index contributed by atoms with van der Waals surface area (Å²) in [6.45, 7) is 3.19. The van der Waals surface area contributed by atoms with Crippen LogP contribution in [-0.4, -0.2) is 31.6 Å². The summed E-state index contributed by atoms with van der Waals surface area (Å²) in [5, 5.41) is 5.54. The number of amides is 2. The van der Waals surface area contributed by atoms with Gasteiger partial charge in [0.1, 0.15) is 13.2 Å². The molecule has 0 spiro atoms. The lowest BCUT2D eigenvalue weighted by atomic mass is 10.1. The number of ether oxygens (including phenoxy) is 2. The molecule has 2 heterocycles. The van der Waals surface area contributed by atoms with Gasteiger partial charge in [0.25, 0.3) is 5.91 Å². The molecule has 1 aliphatic heterocycles. The van der Waals surface area contributed by atoms with E-state index in [1.54, 1.807) is 12.1 Å². The molecule has 132 valence electrons. The summed E-state index contributed by atoms with van der Waals surface area (Å²) in [6, 6.07) is 8.64. The van der Waals surface area contributed by atoms with Crippen LogP contribution >= 0.6 is 0 Å². The summed E-state index contributed by atoms with van der Waals surface area (Å²) >= 11 is 0. The molecule has 2 amide bonds. The average Bonchev–Trinajstić information content (AvgIpc) is 3.16. The van der Waals surface area contributed by atoms with Crippen molar-refractivity contribution in [1.82, 2.24) is 10.6 Å². The molecule has 0 aliphatic carbocycles. The maximum Gasteiger partial charge on any atom is 0.286 e. The first kappa shape index (κ1) is 16.9. The summed E-state index contributed by atoms with van der Waals surface area (Å²) in [7, 11) is 0. The molecule has 25 heavy (non-hydrogen) atoms. The van der Waals surface area contributed by atoms with E-state index in [0.29, 0.717) is 24.7 Å². The maximum absolute atomic E-state index is 12.0. The largest absolute Gasteiger partial charge is 0.486 e.